The van der Waals surface area contributed by atoms with Gasteiger partial charge >= 0.3 is 0 Å². The van der Waals surface area contributed by atoms with Crippen molar-refractivity contribution in [3.05, 3.63) is 29.3 Å². The third-order valence-electron chi connectivity index (χ3n) is 5.46. The summed E-state index contributed by atoms with van der Waals surface area (Å²) in [5, 5.41) is 9.71. The average molecular weight is 316 g/mol. The lowest BCUT2D eigenvalue weighted by Crippen LogP contribution is -2.45. The van der Waals surface area contributed by atoms with Crippen molar-refractivity contribution in [2.45, 2.75) is 52.6 Å². The van der Waals surface area contributed by atoms with Crippen LogP contribution >= 0.6 is 0 Å². The maximum Gasteiger partial charge on any atom is 0.118 e. The highest BCUT2D eigenvalue weighted by Crippen LogP contribution is 2.32. The SMILES string of the molecule is Cc1cc(CN2CCCN(CC3CC3)[C@H](C(C)C)C2)ccc1O. The molecule has 2 aliphatic rings. The zero-order valence-corrected chi connectivity index (χ0v) is 15.0. The number of nitrogens with zero attached hydrogens (tertiary/aromatic N) is 2. The zero-order chi connectivity index (χ0) is 16.4. The van der Waals surface area contributed by atoms with Gasteiger partial charge in [0.05, 0.1) is 0 Å². The van der Waals surface area contributed by atoms with Crippen molar-refractivity contribution >= 4 is 0 Å². The lowest BCUT2D eigenvalue weighted by atomic mass is 10.0. The smallest absolute Gasteiger partial charge is 0.118 e. The predicted molar refractivity (Wildman–Crippen MR) is 95.7 cm³/mol. The van der Waals surface area contributed by atoms with Gasteiger partial charge in [-0.05, 0) is 68.3 Å². The highest BCUT2D eigenvalue weighted by molar-refractivity contribution is 5.34. The van der Waals surface area contributed by atoms with Crippen molar-refractivity contribution in [3.8, 4) is 5.75 Å². The Hall–Kier alpha value is -1.06. The van der Waals surface area contributed by atoms with E-state index in [0.29, 0.717) is 17.7 Å². The Morgan fingerprint density at radius 1 is 1.22 bits per heavy atom. The van der Waals surface area contributed by atoms with Gasteiger partial charge in [-0.2, -0.15) is 0 Å². The van der Waals surface area contributed by atoms with E-state index in [0.717, 1.165) is 18.0 Å². The molecule has 0 amide bonds. The summed E-state index contributed by atoms with van der Waals surface area (Å²) in [6.07, 6.45) is 4.16. The Morgan fingerprint density at radius 2 is 2.00 bits per heavy atom. The average Bonchev–Trinajstić information content (AvgIpc) is 3.32. The van der Waals surface area contributed by atoms with Crippen LogP contribution in [0, 0.1) is 18.8 Å². The molecule has 3 rings (SSSR count). The quantitative estimate of drug-likeness (QED) is 0.898. The largest absolute Gasteiger partial charge is 0.508 e. The molecule has 1 aromatic carbocycles. The molecule has 1 heterocycles. The van der Waals surface area contributed by atoms with E-state index >= 15 is 0 Å². The van der Waals surface area contributed by atoms with Gasteiger partial charge in [-0.3, -0.25) is 9.80 Å². The monoisotopic (exact) mass is 316 g/mol. The van der Waals surface area contributed by atoms with Crippen molar-refractivity contribution < 1.29 is 5.11 Å². The van der Waals surface area contributed by atoms with Gasteiger partial charge in [-0.25, -0.2) is 0 Å². The molecular weight excluding hydrogens is 284 g/mol. The first kappa shape index (κ1) is 16.8. The lowest BCUT2D eigenvalue weighted by Gasteiger charge is -2.34. The van der Waals surface area contributed by atoms with Gasteiger partial charge in [0.15, 0.2) is 0 Å². The maximum atomic E-state index is 9.71. The van der Waals surface area contributed by atoms with E-state index in [1.165, 1.54) is 51.0 Å². The van der Waals surface area contributed by atoms with Gasteiger partial charge in [0.2, 0.25) is 0 Å². The van der Waals surface area contributed by atoms with Crippen molar-refractivity contribution in [1.82, 2.24) is 9.80 Å². The Balaban J connectivity index is 1.66. The Labute approximate surface area is 141 Å². The summed E-state index contributed by atoms with van der Waals surface area (Å²) in [5.41, 5.74) is 2.30. The van der Waals surface area contributed by atoms with Crippen LogP contribution in [0.3, 0.4) is 0 Å². The summed E-state index contributed by atoms with van der Waals surface area (Å²) >= 11 is 0. The van der Waals surface area contributed by atoms with E-state index < -0.39 is 0 Å². The molecule has 1 N–H and O–H groups in total. The fourth-order valence-electron chi connectivity index (χ4n) is 3.84. The molecule has 1 aliphatic carbocycles. The highest BCUT2D eigenvalue weighted by Gasteiger charge is 2.32. The van der Waals surface area contributed by atoms with Gasteiger partial charge in [0.25, 0.3) is 0 Å². The van der Waals surface area contributed by atoms with Gasteiger partial charge < -0.3 is 5.11 Å². The van der Waals surface area contributed by atoms with E-state index in [1.807, 2.05) is 13.0 Å². The van der Waals surface area contributed by atoms with Crippen molar-refractivity contribution in [2.24, 2.45) is 11.8 Å². The van der Waals surface area contributed by atoms with Crippen LogP contribution in [-0.4, -0.2) is 47.1 Å². The number of phenols is 1. The second-order valence-electron chi connectivity index (χ2n) is 7.96. The molecule has 2 fully saturated rings. The van der Waals surface area contributed by atoms with Crippen LogP contribution in [0.4, 0.5) is 0 Å². The first-order valence-electron chi connectivity index (χ1n) is 9.28. The lowest BCUT2D eigenvalue weighted by molar-refractivity contribution is 0.132. The molecule has 0 unspecified atom stereocenters. The molecule has 0 radical (unpaired) electrons. The molecule has 3 nitrogen and oxygen atoms in total. The molecular formula is C20H32N2O. The minimum atomic E-state index is 0.403. The molecule has 1 saturated heterocycles. The molecule has 1 aromatic rings. The van der Waals surface area contributed by atoms with Crippen LogP contribution in [0.25, 0.3) is 0 Å². The molecule has 0 aromatic heterocycles. The number of phenolic OH excluding ortho intramolecular Hbond substituents is 1. The van der Waals surface area contributed by atoms with Crippen LogP contribution < -0.4 is 0 Å². The van der Waals surface area contributed by atoms with Gasteiger partial charge in [0.1, 0.15) is 5.75 Å². The second-order valence-corrected chi connectivity index (χ2v) is 7.96. The minimum Gasteiger partial charge on any atom is -0.508 e. The van der Waals surface area contributed by atoms with Crippen LogP contribution in [0.15, 0.2) is 18.2 Å². The Bertz CT molecular complexity index is 524. The summed E-state index contributed by atoms with van der Waals surface area (Å²) < 4.78 is 0. The zero-order valence-electron chi connectivity index (χ0n) is 15.0. The van der Waals surface area contributed by atoms with E-state index in [-0.39, 0.29) is 0 Å². The summed E-state index contributed by atoms with van der Waals surface area (Å²) in [6, 6.07) is 6.71. The van der Waals surface area contributed by atoms with Crippen LogP contribution in [0.1, 0.15) is 44.2 Å². The van der Waals surface area contributed by atoms with Crippen LogP contribution in [-0.2, 0) is 6.54 Å². The standard InChI is InChI=1S/C20H32N2O/c1-15(2)19-14-21(9-4-10-22(19)13-17-5-6-17)12-18-7-8-20(23)16(3)11-18/h7-8,11,15,17,19,23H,4-6,9-10,12-14H2,1-3H3/t19-/m0/s1. The number of rotatable bonds is 5. The van der Waals surface area contributed by atoms with Crippen molar-refractivity contribution in [2.75, 3.05) is 26.2 Å². The minimum absolute atomic E-state index is 0.403. The molecule has 0 spiro atoms. The fourth-order valence-corrected chi connectivity index (χ4v) is 3.84. The van der Waals surface area contributed by atoms with Crippen LogP contribution in [0.2, 0.25) is 0 Å². The number of benzene rings is 1. The Kier molecular flexibility index (Phi) is 5.27. The fraction of sp³-hybridized carbons (Fsp3) is 0.700. The van der Waals surface area contributed by atoms with Gasteiger partial charge in [-0.1, -0.05) is 26.0 Å². The van der Waals surface area contributed by atoms with Crippen LogP contribution in [0.5, 0.6) is 5.75 Å². The molecule has 23 heavy (non-hydrogen) atoms. The number of hydrogen-bond acceptors (Lipinski definition) is 3. The molecule has 1 atom stereocenters. The van der Waals surface area contributed by atoms with Crippen molar-refractivity contribution in [1.29, 1.82) is 0 Å². The predicted octanol–water partition coefficient (Wildman–Crippen LogP) is 3.64. The molecule has 128 valence electrons. The molecule has 1 aliphatic heterocycles. The third kappa shape index (κ3) is 4.48. The Morgan fingerprint density at radius 3 is 2.65 bits per heavy atom. The van der Waals surface area contributed by atoms with Crippen molar-refractivity contribution in [3.63, 3.8) is 0 Å². The number of hydrogen-bond donors (Lipinski definition) is 1. The summed E-state index contributed by atoms with van der Waals surface area (Å²) in [4.78, 5) is 5.38. The molecule has 1 saturated carbocycles. The summed E-state index contributed by atoms with van der Waals surface area (Å²) in [7, 11) is 0. The number of aromatic hydroxyl groups is 1. The molecule has 3 heteroatoms. The maximum absolute atomic E-state index is 9.71. The van der Waals surface area contributed by atoms with Gasteiger partial charge in [-0.15, -0.1) is 0 Å². The highest BCUT2D eigenvalue weighted by atomic mass is 16.3. The van der Waals surface area contributed by atoms with Gasteiger partial charge in [0, 0.05) is 25.7 Å². The summed E-state index contributed by atoms with van der Waals surface area (Å²) in [5.74, 6) is 2.08. The summed E-state index contributed by atoms with van der Waals surface area (Å²) in [6.45, 7) is 12.7. The van der Waals surface area contributed by atoms with E-state index in [2.05, 4.69) is 35.8 Å². The molecule has 0 bridgehead atoms. The number of aryl methyl sites for hydroxylation is 1. The topological polar surface area (TPSA) is 26.7 Å². The van der Waals surface area contributed by atoms with E-state index in [9.17, 15) is 5.11 Å². The van der Waals surface area contributed by atoms with E-state index in [4.69, 9.17) is 0 Å². The third-order valence-corrected chi connectivity index (χ3v) is 5.46. The normalized spacial score (nSPS) is 24.1. The first-order chi connectivity index (χ1) is 11.0. The van der Waals surface area contributed by atoms with E-state index in [1.54, 1.807) is 0 Å². The second kappa shape index (κ2) is 7.23. The first-order valence-corrected chi connectivity index (χ1v) is 9.28.